The maximum Gasteiger partial charge on any atom is 0.314 e. The van der Waals surface area contributed by atoms with Gasteiger partial charge in [-0.15, -0.1) is 0 Å². The van der Waals surface area contributed by atoms with Crippen LogP contribution in [0.5, 0.6) is 5.75 Å². The SMILES string of the molecule is CCC[C@H]1CC[C@H](C(=O)Oc2ccccc2)CC1. The van der Waals surface area contributed by atoms with Crippen LogP contribution in [-0.4, -0.2) is 5.97 Å². The molecule has 2 nitrogen and oxygen atoms in total. The first-order valence-corrected chi connectivity index (χ1v) is 7.06. The minimum absolute atomic E-state index is 0.0452. The van der Waals surface area contributed by atoms with Crippen LogP contribution < -0.4 is 4.74 Å². The summed E-state index contributed by atoms with van der Waals surface area (Å²) in [5, 5.41) is 0. The average Bonchev–Trinajstić information content (AvgIpc) is 2.41. The largest absolute Gasteiger partial charge is 0.426 e. The number of rotatable bonds is 4. The second-order valence-corrected chi connectivity index (χ2v) is 5.24. The highest BCUT2D eigenvalue weighted by atomic mass is 16.5. The van der Waals surface area contributed by atoms with Gasteiger partial charge in [-0.3, -0.25) is 4.79 Å². The number of para-hydroxylation sites is 1. The van der Waals surface area contributed by atoms with Gasteiger partial charge in [0.2, 0.25) is 0 Å². The summed E-state index contributed by atoms with van der Waals surface area (Å²) in [6.45, 7) is 2.23. The summed E-state index contributed by atoms with van der Waals surface area (Å²) < 4.78 is 5.41. The van der Waals surface area contributed by atoms with Gasteiger partial charge in [-0.05, 0) is 43.7 Å². The van der Waals surface area contributed by atoms with E-state index in [0.717, 1.165) is 18.8 Å². The fraction of sp³-hybridized carbons (Fsp3) is 0.562. The van der Waals surface area contributed by atoms with Crippen molar-refractivity contribution in [1.82, 2.24) is 0 Å². The molecule has 0 saturated heterocycles. The Morgan fingerprint density at radius 2 is 1.83 bits per heavy atom. The van der Waals surface area contributed by atoms with E-state index >= 15 is 0 Å². The Labute approximate surface area is 109 Å². The lowest BCUT2D eigenvalue weighted by atomic mass is 9.80. The molecule has 0 aliphatic heterocycles. The number of esters is 1. The van der Waals surface area contributed by atoms with Crippen molar-refractivity contribution in [2.45, 2.75) is 45.4 Å². The third-order valence-electron chi connectivity index (χ3n) is 3.84. The van der Waals surface area contributed by atoms with Crippen LogP contribution in [0.1, 0.15) is 45.4 Å². The molecular formula is C16H22O2. The summed E-state index contributed by atoms with van der Waals surface area (Å²) in [6, 6.07) is 9.37. The van der Waals surface area contributed by atoms with E-state index in [-0.39, 0.29) is 11.9 Å². The molecule has 98 valence electrons. The molecule has 0 spiro atoms. The smallest absolute Gasteiger partial charge is 0.314 e. The summed E-state index contributed by atoms with van der Waals surface area (Å²) in [5.74, 6) is 1.56. The Bertz CT molecular complexity index is 364. The van der Waals surface area contributed by atoms with Gasteiger partial charge >= 0.3 is 5.97 Å². The van der Waals surface area contributed by atoms with Gasteiger partial charge in [-0.25, -0.2) is 0 Å². The molecule has 2 rings (SSSR count). The van der Waals surface area contributed by atoms with Crippen molar-refractivity contribution in [2.24, 2.45) is 11.8 Å². The van der Waals surface area contributed by atoms with E-state index in [1.54, 1.807) is 0 Å². The lowest BCUT2D eigenvalue weighted by Gasteiger charge is -2.26. The van der Waals surface area contributed by atoms with E-state index in [2.05, 4.69) is 6.92 Å². The molecule has 1 saturated carbocycles. The van der Waals surface area contributed by atoms with Crippen molar-refractivity contribution >= 4 is 5.97 Å². The van der Waals surface area contributed by atoms with Crippen molar-refractivity contribution in [1.29, 1.82) is 0 Å². The van der Waals surface area contributed by atoms with Crippen molar-refractivity contribution in [3.8, 4) is 5.75 Å². The van der Waals surface area contributed by atoms with Gasteiger partial charge in [0.25, 0.3) is 0 Å². The van der Waals surface area contributed by atoms with Gasteiger partial charge in [0.15, 0.2) is 0 Å². The highest BCUT2D eigenvalue weighted by molar-refractivity contribution is 5.75. The molecule has 1 aromatic rings. The molecule has 0 heterocycles. The summed E-state index contributed by atoms with van der Waals surface area (Å²) >= 11 is 0. The van der Waals surface area contributed by atoms with E-state index in [1.807, 2.05) is 30.3 Å². The summed E-state index contributed by atoms with van der Waals surface area (Å²) in [6.07, 6.45) is 6.92. The molecule has 0 N–H and O–H groups in total. The van der Waals surface area contributed by atoms with Crippen LogP contribution in [0.3, 0.4) is 0 Å². The van der Waals surface area contributed by atoms with Crippen molar-refractivity contribution < 1.29 is 9.53 Å². The lowest BCUT2D eigenvalue weighted by Crippen LogP contribution is -2.25. The van der Waals surface area contributed by atoms with Crippen molar-refractivity contribution in [3.05, 3.63) is 30.3 Å². The summed E-state index contributed by atoms with van der Waals surface area (Å²) in [4.78, 5) is 12.0. The Morgan fingerprint density at radius 1 is 1.17 bits per heavy atom. The number of hydrogen-bond acceptors (Lipinski definition) is 2. The Kier molecular flexibility index (Phi) is 4.80. The molecular weight excluding hydrogens is 224 g/mol. The lowest BCUT2D eigenvalue weighted by molar-refractivity contribution is -0.140. The predicted molar refractivity (Wildman–Crippen MR) is 72.4 cm³/mol. The Balaban J connectivity index is 1.81. The van der Waals surface area contributed by atoms with Gasteiger partial charge in [0.05, 0.1) is 5.92 Å². The molecule has 0 bridgehead atoms. The van der Waals surface area contributed by atoms with E-state index in [4.69, 9.17) is 4.74 Å². The quantitative estimate of drug-likeness (QED) is 0.588. The number of hydrogen-bond donors (Lipinski definition) is 0. The highest BCUT2D eigenvalue weighted by Crippen LogP contribution is 2.32. The van der Waals surface area contributed by atoms with Crippen molar-refractivity contribution in [3.63, 3.8) is 0 Å². The second kappa shape index (κ2) is 6.58. The predicted octanol–water partition coefficient (Wildman–Crippen LogP) is 4.20. The molecule has 1 aliphatic carbocycles. The highest BCUT2D eigenvalue weighted by Gasteiger charge is 2.27. The first kappa shape index (κ1) is 13.1. The molecule has 1 fully saturated rings. The van der Waals surface area contributed by atoms with Crippen molar-refractivity contribution in [2.75, 3.05) is 0 Å². The van der Waals surface area contributed by atoms with Gasteiger partial charge in [-0.2, -0.15) is 0 Å². The Morgan fingerprint density at radius 3 is 2.44 bits per heavy atom. The molecule has 1 aromatic carbocycles. The fourth-order valence-corrected chi connectivity index (χ4v) is 2.78. The molecule has 18 heavy (non-hydrogen) atoms. The first-order valence-electron chi connectivity index (χ1n) is 7.06. The number of ether oxygens (including phenoxy) is 1. The van der Waals surface area contributed by atoms with Crippen LogP contribution in [0.2, 0.25) is 0 Å². The maximum absolute atomic E-state index is 12.0. The number of benzene rings is 1. The van der Waals surface area contributed by atoms with Crippen LogP contribution >= 0.6 is 0 Å². The minimum Gasteiger partial charge on any atom is -0.426 e. The van der Waals surface area contributed by atoms with Gasteiger partial charge in [0.1, 0.15) is 5.75 Å². The second-order valence-electron chi connectivity index (χ2n) is 5.24. The molecule has 0 radical (unpaired) electrons. The molecule has 1 aliphatic rings. The Hall–Kier alpha value is -1.31. The summed E-state index contributed by atoms with van der Waals surface area (Å²) in [7, 11) is 0. The van der Waals surface area contributed by atoms with Crippen LogP contribution in [0.15, 0.2) is 30.3 Å². The maximum atomic E-state index is 12.0. The zero-order valence-electron chi connectivity index (χ0n) is 11.1. The first-order chi connectivity index (χ1) is 8.79. The minimum atomic E-state index is -0.0452. The zero-order chi connectivity index (χ0) is 12.8. The van der Waals surface area contributed by atoms with Crippen LogP contribution in [0, 0.1) is 11.8 Å². The van der Waals surface area contributed by atoms with Gasteiger partial charge in [0, 0.05) is 0 Å². The van der Waals surface area contributed by atoms with E-state index < -0.39 is 0 Å². The third-order valence-corrected chi connectivity index (χ3v) is 3.84. The number of carbonyl (C=O) groups excluding carboxylic acids is 1. The molecule has 0 unspecified atom stereocenters. The van der Waals surface area contributed by atoms with E-state index in [9.17, 15) is 4.79 Å². The third kappa shape index (κ3) is 3.59. The van der Waals surface area contributed by atoms with Crippen LogP contribution in [-0.2, 0) is 4.79 Å². The molecule has 0 aromatic heterocycles. The molecule has 2 heteroatoms. The standard InChI is InChI=1S/C16H22O2/c1-2-6-13-9-11-14(12-10-13)16(17)18-15-7-4-3-5-8-15/h3-5,7-8,13-14H,2,6,9-12H2,1H3/t13-,14-. The zero-order valence-corrected chi connectivity index (χ0v) is 11.1. The van der Waals surface area contributed by atoms with Crippen LogP contribution in [0.4, 0.5) is 0 Å². The fourth-order valence-electron chi connectivity index (χ4n) is 2.78. The van der Waals surface area contributed by atoms with Crippen LogP contribution in [0.25, 0.3) is 0 Å². The average molecular weight is 246 g/mol. The van der Waals surface area contributed by atoms with E-state index in [1.165, 1.54) is 25.7 Å². The normalized spacial score (nSPS) is 23.6. The summed E-state index contributed by atoms with van der Waals surface area (Å²) in [5.41, 5.74) is 0. The topological polar surface area (TPSA) is 26.3 Å². The van der Waals surface area contributed by atoms with E-state index in [0.29, 0.717) is 5.75 Å². The molecule has 0 amide bonds. The van der Waals surface area contributed by atoms with Gasteiger partial charge < -0.3 is 4.74 Å². The van der Waals surface area contributed by atoms with Gasteiger partial charge in [-0.1, -0.05) is 38.0 Å². The number of carbonyl (C=O) groups is 1. The monoisotopic (exact) mass is 246 g/mol. The molecule has 0 atom stereocenters.